The number of pyridine rings is 1. The van der Waals surface area contributed by atoms with Gasteiger partial charge in [0.15, 0.2) is 0 Å². The summed E-state index contributed by atoms with van der Waals surface area (Å²) in [7, 11) is 0. The Hall–Kier alpha value is -2.92. The number of aromatic nitrogens is 1. The zero-order valence-corrected chi connectivity index (χ0v) is 16.0. The first kappa shape index (κ1) is 18.4. The lowest BCUT2D eigenvalue weighted by molar-refractivity contribution is -0.159. The standard InChI is InChI=1S/C23H24N2O3/c1-17-4-6-18(7-5-17)16-25-13-10-23(11-14-25,22(26)27)28-20-8-9-21-19(15-20)3-2-12-24-21/h2-9,12,15H,10-11,13-14,16H2,1H3,(H,26,27). The lowest BCUT2D eigenvalue weighted by Gasteiger charge is -2.39. The molecule has 0 unspecified atom stereocenters. The molecule has 1 aromatic heterocycles. The van der Waals surface area contributed by atoms with Crippen molar-refractivity contribution in [1.82, 2.24) is 9.88 Å². The van der Waals surface area contributed by atoms with Crippen LogP contribution in [0.5, 0.6) is 5.75 Å². The predicted octanol–water partition coefficient (Wildman–Crippen LogP) is 4.04. The molecule has 1 aliphatic rings. The lowest BCUT2D eigenvalue weighted by Crippen LogP contribution is -2.53. The smallest absolute Gasteiger partial charge is 0.348 e. The van der Waals surface area contributed by atoms with E-state index >= 15 is 0 Å². The van der Waals surface area contributed by atoms with Gasteiger partial charge in [-0.15, -0.1) is 0 Å². The maximum atomic E-state index is 12.1. The van der Waals surface area contributed by atoms with Crippen molar-refractivity contribution in [2.75, 3.05) is 13.1 Å². The first-order chi connectivity index (χ1) is 13.5. The van der Waals surface area contributed by atoms with E-state index in [9.17, 15) is 9.90 Å². The normalized spacial score (nSPS) is 16.8. The van der Waals surface area contributed by atoms with Crippen LogP contribution in [0, 0.1) is 6.92 Å². The third kappa shape index (κ3) is 3.85. The molecule has 0 amide bonds. The SMILES string of the molecule is Cc1ccc(CN2CCC(Oc3ccc4ncccc4c3)(C(=O)O)CC2)cc1. The second-order valence-corrected chi connectivity index (χ2v) is 7.52. The predicted molar refractivity (Wildman–Crippen MR) is 108 cm³/mol. The molecule has 1 aliphatic heterocycles. The number of likely N-dealkylation sites (tertiary alicyclic amines) is 1. The van der Waals surface area contributed by atoms with Crippen molar-refractivity contribution in [2.24, 2.45) is 0 Å². The Balaban J connectivity index is 1.46. The summed E-state index contributed by atoms with van der Waals surface area (Å²) < 4.78 is 6.07. The molecule has 0 atom stereocenters. The Morgan fingerprint density at radius 3 is 2.61 bits per heavy atom. The number of rotatable bonds is 5. The van der Waals surface area contributed by atoms with Crippen molar-refractivity contribution in [1.29, 1.82) is 0 Å². The number of fused-ring (bicyclic) bond motifs is 1. The molecule has 144 valence electrons. The molecular weight excluding hydrogens is 352 g/mol. The molecule has 5 nitrogen and oxygen atoms in total. The Morgan fingerprint density at radius 2 is 1.89 bits per heavy atom. The van der Waals surface area contributed by atoms with Crippen LogP contribution in [0.1, 0.15) is 24.0 Å². The highest BCUT2D eigenvalue weighted by molar-refractivity contribution is 5.81. The van der Waals surface area contributed by atoms with Crippen LogP contribution in [-0.2, 0) is 11.3 Å². The minimum atomic E-state index is -1.18. The summed E-state index contributed by atoms with van der Waals surface area (Å²) >= 11 is 0. The minimum Gasteiger partial charge on any atom is -0.478 e. The Bertz CT molecular complexity index is 977. The van der Waals surface area contributed by atoms with Gasteiger partial charge in [0.05, 0.1) is 5.52 Å². The van der Waals surface area contributed by atoms with Crippen molar-refractivity contribution in [3.8, 4) is 5.75 Å². The number of benzene rings is 2. The van der Waals surface area contributed by atoms with Gasteiger partial charge >= 0.3 is 5.97 Å². The molecule has 4 rings (SSSR count). The van der Waals surface area contributed by atoms with E-state index in [1.807, 2.05) is 24.3 Å². The van der Waals surface area contributed by atoms with E-state index in [0.29, 0.717) is 31.7 Å². The largest absolute Gasteiger partial charge is 0.478 e. The van der Waals surface area contributed by atoms with Crippen LogP contribution >= 0.6 is 0 Å². The van der Waals surface area contributed by atoms with Crippen LogP contribution < -0.4 is 4.74 Å². The van der Waals surface area contributed by atoms with Gasteiger partial charge in [-0.05, 0) is 36.8 Å². The van der Waals surface area contributed by atoms with Gasteiger partial charge in [-0.2, -0.15) is 0 Å². The molecule has 0 radical (unpaired) electrons. The second-order valence-electron chi connectivity index (χ2n) is 7.52. The average Bonchev–Trinajstić information content (AvgIpc) is 2.71. The highest BCUT2D eigenvalue weighted by Gasteiger charge is 2.44. The van der Waals surface area contributed by atoms with Gasteiger partial charge in [-0.1, -0.05) is 35.9 Å². The molecule has 1 N–H and O–H groups in total. The average molecular weight is 376 g/mol. The molecule has 1 saturated heterocycles. The van der Waals surface area contributed by atoms with E-state index in [0.717, 1.165) is 17.4 Å². The van der Waals surface area contributed by atoms with Gasteiger partial charge in [0.2, 0.25) is 5.60 Å². The summed E-state index contributed by atoms with van der Waals surface area (Å²) in [5, 5.41) is 10.9. The highest BCUT2D eigenvalue weighted by Crippen LogP contribution is 2.31. The van der Waals surface area contributed by atoms with Gasteiger partial charge in [-0.25, -0.2) is 4.79 Å². The van der Waals surface area contributed by atoms with Crippen LogP contribution in [0.25, 0.3) is 10.9 Å². The molecule has 1 fully saturated rings. The fourth-order valence-corrected chi connectivity index (χ4v) is 3.73. The maximum absolute atomic E-state index is 12.1. The van der Waals surface area contributed by atoms with Crippen molar-refractivity contribution >= 4 is 16.9 Å². The number of ether oxygens (including phenoxy) is 1. The number of carboxylic acid groups (broad SMARTS) is 1. The van der Waals surface area contributed by atoms with Gasteiger partial charge < -0.3 is 9.84 Å². The molecule has 0 saturated carbocycles. The van der Waals surface area contributed by atoms with Crippen LogP contribution in [0.3, 0.4) is 0 Å². The van der Waals surface area contributed by atoms with Crippen molar-refractivity contribution in [2.45, 2.75) is 31.9 Å². The number of hydrogen-bond donors (Lipinski definition) is 1. The van der Waals surface area contributed by atoms with Crippen molar-refractivity contribution in [3.63, 3.8) is 0 Å². The summed E-state index contributed by atoms with van der Waals surface area (Å²) in [5.74, 6) is -0.316. The van der Waals surface area contributed by atoms with Gasteiger partial charge in [0.25, 0.3) is 0 Å². The molecule has 0 spiro atoms. The van der Waals surface area contributed by atoms with Crippen LogP contribution in [0.2, 0.25) is 0 Å². The monoisotopic (exact) mass is 376 g/mol. The summed E-state index contributed by atoms with van der Waals surface area (Å²) in [6.45, 7) is 4.29. The van der Waals surface area contributed by atoms with E-state index in [2.05, 4.69) is 41.1 Å². The van der Waals surface area contributed by atoms with E-state index in [1.165, 1.54) is 11.1 Å². The summed E-state index contributed by atoms with van der Waals surface area (Å²) in [6.07, 6.45) is 2.66. The number of aryl methyl sites for hydroxylation is 1. The molecule has 28 heavy (non-hydrogen) atoms. The van der Waals surface area contributed by atoms with Crippen molar-refractivity contribution in [3.05, 3.63) is 71.9 Å². The Morgan fingerprint density at radius 1 is 1.14 bits per heavy atom. The number of hydrogen-bond acceptors (Lipinski definition) is 4. The zero-order chi connectivity index (χ0) is 19.6. The Kier molecular flexibility index (Phi) is 5.01. The molecule has 0 aliphatic carbocycles. The second kappa shape index (κ2) is 7.60. The molecule has 3 aromatic rings. The van der Waals surface area contributed by atoms with Gasteiger partial charge in [-0.3, -0.25) is 9.88 Å². The topological polar surface area (TPSA) is 62.7 Å². The van der Waals surface area contributed by atoms with E-state index < -0.39 is 11.6 Å². The molecule has 0 bridgehead atoms. The number of carbonyl (C=O) groups is 1. The molecular formula is C23H24N2O3. The summed E-state index contributed by atoms with van der Waals surface area (Å²) in [4.78, 5) is 18.7. The third-order valence-corrected chi connectivity index (χ3v) is 5.47. The van der Waals surface area contributed by atoms with Gasteiger partial charge in [0.1, 0.15) is 5.75 Å². The van der Waals surface area contributed by atoms with E-state index in [1.54, 1.807) is 12.3 Å². The molecule has 2 heterocycles. The first-order valence-corrected chi connectivity index (χ1v) is 9.59. The maximum Gasteiger partial charge on any atom is 0.348 e. The van der Waals surface area contributed by atoms with E-state index in [4.69, 9.17) is 4.74 Å². The number of nitrogens with zero attached hydrogens (tertiary/aromatic N) is 2. The fraction of sp³-hybridized carbons (Fsp3) is 0.304. The van der Waals surface area contributed by atoms with Crippen LogP contribution in [0.4, 0.5) is 0 Å². The summed E-state index contributed by atoms with van der Waals surface area (Å²) in [6, 6.07) is 17.8. The summed E-state index contributed by atoms with van der Waals surface area (Å²) in [5.41, 5.74) is 2.18. The Labute approximate surface area is 164 Å². The number of piperidine rings is 1. The number of aliphatic carboxylic acids is 1. The lowest BCUT2D eigenvalue weighted by atomic mass is 9.90. The zero-order valence-electron chi connectivity index (χ0n) is 16.0. The molecule has 5 heteroatoms. The van der Waals surface area contributed by atoms with Crippen LogP contribution in [0.15, 0.2) is 60.8 Å². The quantitative estimate of drug-likeness (QED) is 0.728. The van der Waals surface area contributed by atoms with E-state index in [-0.39, 0.29) is 0 Å². The van der Waals surface area contributed by atoms with Crippen LogP contribution in [-0.4, -0.2) is 39.7 Å². The first-order valence-electron chi connectivity index (χ1n) is 9.59. The molecule has 2 aromatic carbocycles. The minimum absolute atomic E-state index is 0.458. The number of carboxylic acids is 1. The highest BCUT2D eigenvalue weighted by atomic mass is 16.5. The fourth-order valence-electron chi connectivity index (χ4n) is 3.73. The third-order valence-electron chi connectivity index (χ3n) is 5.47. The van der Waals surface area contributed by atoms with Gasteiger partial charge in [0, 0.05) is 44.1 Å². The van der Waals surface area contributed by atoms with Crippen molar-refractivity contribution < 1.29 is 14.6 Å².